The van der Waals surface area contributed by atoms with Crippen molar-refractivity contribution in [3.63, 3.8) is 0 Å². The number of aromatic nitrogens is 3. The molecule has 1 saturated heterocycles. The maximum atomic E-state index is 14.1. The molecule has 1 aliphatic carbocycles. The number of rotatable bonds is 8. The van der Waals surface area contributed by atoms with E-state index >= 15 is 0 Å². The van der Waals surface area contributed by atoms with Crippen molar-refractivity contribution >= 4 is 44.4 Å². The monoisotopic (exact) mass is 702 g/mol. The predicted octanol–water partition coefficient (Wildman–Crippen LogP) is 6.51. The van der Waals surface area contributed by atoms with Crippen molar-refractivity contribution < 1.29 is 26.7 Å². The predicted molar refractivity (Wildman–Crippen MR) is 172 cm³/mol. The fraction of sp³-hybridized carbons (Fsp3) is 0.344. The van der Waals surface area contributed by atoms with Crippen molar-refractivity contribution in [3.8, 4) is 0 Å². The number of fused-ring (bicyclic) bond motifs is 1. The summed E-state index contributed by atoms with van der Waals surface area (Å²) in [7, 11) is -3.95. The second-order valence-electron chi connectivity index (χ2n) is 11.9. The molecule has 2 atom stereocenters. The van der Waals surface area contributed by atoms with Crippen molar-refractivity contribution in [1.82, 2.24) is 24.4 Å². The number of aliphatic hydroxyl groups excluding tert-OH is 1. The lowest BCUT2D eigenvalue weighted by Gasteiger charge is -2.32. The van der Waals surface area contributed by atoms with Crippen LogP contribution in [0.2, 0.25) is 5.02 Å². The fourth-order valence-corrected chi connectivity index (χ4v) is 8.79. The van der Waals surface area contributed by atoms with Crippen LogP contribution in [-0.4, -0.2) is 57.7 Å². The lowest BCUT2D eigenvalue weighted by atomic mass is 9.83. The first kappa shape index (κ1) is 32.0. The molecule has 4 heterocycles. The molecule has 1 saturated carbocycles. The minimum absolute atomic E-state index is 0.0974. The van der Waals surface area contributed by atoms with Gasteiger partial charge in [-0.1, -0.05) is 29.8 Å². The highest BCUT2D eigenvalue weighted by atomic mass is 35.5. The lowest BCUT2D eigenvalue weighted by Crippen LogP contribution is -2.39. The quantitative estimate of drug-likeness (QED) is 0.217. The normalized spacial score (nSPS) is 23.4. The number of sulfonamides is 1. The van der Waals surface area contributed by atoms with E-state index in [-0.39, 0.29) is 40.6 Å². The highest BCUT2D eigenvalue weighted by Gasteiger charge is 2.42. The first-order valence-corrected chi connectivity index (χ1v) is 17.9. The molecule has 3 aliphatic rings. The number of halogens is 4. The molecular formula is C32H30ClF3N6O3S2. The molecule has 47 heavy (non-hydrogen) atoms. The second kappa shape index (κ2) is 12.8. The van der Waals surface area contributed by atoms with Gasteiger partial charge in [0, 0.05) is 58.6 Å². The summed E-state index contributed by atoms with van der Waals surface area (Å²) in [6.07, 6.45) is 5.86. The average Bonchev–Trinajstić information content (AvgIpc) is 3.82. The van der Waals surface area contributed by atoms with Gasteiger partial charge in [0.25, 0.3) is 0 Å². The van der Waals surface area contributed by atoms with Crippen LogP contribution in [0.25, 0.3) is 5.57 Å². The summed E-state index contributed by atoms with van der Waals surface area (Å²) in [6.45, 7) is -2.69. The zero-order valence-corrected chi connectivity index (χ0v) is 27.2. The molecule has 246 valence electrons. The average molecular weight is 703 g/mol. The number of aliphatic hydroxyl groups is 1. The standard InChI is InChI=1S/C32H30ClF3N6O3S2/c33-25-15-20(34)5-10-24(25)29-28(26-11-13-42(39-26)32(35)36)27-16-21(17-41(27)30(38-29)31-37-12-14-46-31)40-47(44,45)23-8-3-19(4-9-23)18-1-6-22(43)7-2-18/h3-5,8-15,18,21-22,29,32,40,43H,1-2,6-7,16-17H2/t18-,21-,22-,29-/m0/s1. The van der Waals surface area contributed by atoms with Gasteiger partial charge in [0.05, 0.1) is 16.7 Å². The summed E-state index contributed by atoms with van der Waals surface area (Å²) in [5.74, 6) is 0.192. The van der Waals surface area contributed by atoms with Gasteiger partial charge < -0.3 is 10.0 Å². The van der Waals surface area contributed by atoms with Gasteiger partial charge in [-0.25, -0.2) is 27.2 Å². The molecule has 9 nitrogen and oxygen atoms in total. The maximum absolute atomic E-state index is 14.1. The number of hydrogen-bond donors (Lipinski definition) is 2. The molecule has 0 amide bonds. The summed E-state index contributed by atoms with van der Waals surface area (Å²) >= 11 is 7.87. The minimum Gasteiger partial charge on any atom is -0.393 e. The first-order chi connectivity index (χ1) is 22.6. The Morgan fingerprint density at radius 1 is 1.06 bits per heavy atom. The van der Waals surface area contributed by atoms with Crippen LogP contribution in [0.3, 0.4) is 0 Å². The van der Waals surface area contributed by atoms with Gasteiger partial charge in [-0.3, -0.25) is 4.99 Å². The Balaban J connectivity index is 1.25. The first-order valence-electron chi connectivity index (χ1n) is 15.1. The molecule has 0 bridgehead atoms. The highest BCUT2D eigenvalue weighted by molar-refractivity contribution is 7.89. The van der Waals surface area contributed by atoms with Crippen molar-refractivity contribution in [2.45, 2.75) is 67.7 Å². The Bertz CT molecular complexity index is 1940. The Morgan fingerprint density at radius 3 is 2.49 bits per heavy atom. The van der Waals surface area contributed by atoms with Crippen LogP contribution in [-0.2, 0) is 10.0 Å². The Labute approximate surface area is 278 Å². The second-order valence-corrected chi connectivity index (χ2v) is 14.9. The molecule has 2 aromatic carbocycles. The smallest absolute Gasteiger partial charge is 0.333 e. The van der Waals surface area contributed by atoms with E-state index in [1.807, 2.05) is 17.0 Å². The van der Waals surface area contributed by atoms with Gasteiger partial charge in [-0.05, 0) is 67.5 Å². The molecule has 7 rings (SSSR count). The van der Waals surface area contributed by atoms with Crippen LogP contribution in [0.4, 0.5) is 13.2 Å². The molecule has 0 radical (unpaired) electrons. The number of nitrogens with one attached hydrogen (secondary N) is 1. The van der Waals surface area contributed by atoms with E-state index in [4.69, 9.17) is 16.6 Å². The van der Waals surface area contributed by atoms with Gasteiger partial charge in [-0.2, -0.15) is 13.9 Å². The van der Waals surface area contributed by atoms with E-state index in [9.17, 15) is 26.7 Å². The third-order valence-corrected chi connectivity index (χ3v) is 11.5. The van der Waals surface area contributed by atoms with Crippen LogP contribution in [0, 0.1) is 5.82 Å². The van der Waals surface area contributed by atoms with Gasteiger partial charge >= 0.3 is 6.55 Å². The molecule has 2 aliphatic heterocycles. The Hall–Kier alpha value is -3.56. The maximum Gasteiger partial charge on any atom is 0.333 e. The number of benzene rings is 2. The van der Waals surface area contributed by atoms with Gasteiger partial charge in [0.2, 0.25) is 10.0 Å². The number of alkyl halides is 2. The van der Waals surface area contributed by atoms with Crippen LogP contribution < -0.4 is 4.72 Å². The van der Waals surface area contributed by atoms with Crippen LogP contribution in [0.1, 0.15) is 72.4 Å². The van der Waals surface area contributed by atoms with E-state index in [2.05, 4.69) is 14.8 Å². The van der Waals surface area contributed by atoms with Crippen LogP contribution >= 0.6 is 22.9 Å². The zero-order chi connectivity index (χ0) is 32.9. The summed E-state index contributed by atoms with van der Waals surface area (Å²) in [4.78, 5) is 11.4. The molecule has 15 heteroatoms. The molecule has 0 unspecified atom stereocenters. The number of thiazole rings is 1. The zero-order valence-electron chi connectivity index (χ0n) is 24.8. The van der Waals surface area contributed by atoms with E-state index in [0.29, 0.717) is 32.4 Å². The van der Waals surface area contributed by atoms with Crippen molar-refractivity contribution in [1.29, 1.82) is 0 Å². The van der Waals surface area contributed by atoms with Gasteiger partial charge in [0.15, 0.2) is 10.8 Å². The van der Waals surface area contributed by atoms with Crippen molar-refractivity contribution in [3.05, 3.63) is 105 Å². The number of nitrogens with zero attached hydrogens (tertiary/aromatic N) is 5. The van der Waals surface area contributed by atoms with Gasteiger partial charge in [-0.15, -0.1) is 11.3 Å². The largest absolute Gasteiger partial charge is 0.393 e. The summed E-state index contributed by atoms with van der Waals surface area (Å²) in [5, 5.41) is 16.4. The van der Waals surface area contributed by atoms with E-state index in [1.54, 1.807) is 23.7 Å². The molecular weight excluding hydrogens is 673 g/mol. The highest BCUT2D eigenvalue weighted by Crippen LogP contribution is 2.46. The number of aliphatic imine (C=N–C) groups is 1. The Kier molecular flexibility index (Phi) is 8.72. The Morgan fingerprint density at radius 2 is 1.83 bits per heavy atom. The third-order valence-electron chi connectivity index (χ3n) is 8.91. The van der Waals surface area contributed by atoms with Crippen LogP contribution in [0.5, 0.6) is 0 Å². The van der Waals surface area contributed by atoms with Crippen molar-refractivity contribution in [2.24, 2.45) is 4.99 Å². The molecule has 4 aromatic rings. The molecule has 0 spiro atoms. The summed E-state index contributed by atoms with van der Waals surface area (Å²) < 4.78 is 72.1. The summed E-state index contributed by atoms with van der Waals surface area (Å²) in [5.41, 5.74) is 2.78. The number of amidine groups is 1. The van der Waals surface area contributed by atoms with E-state index in [1.165, 1.54) is 29.5 Å². The SMILES string of the molecule is O=S(=O)(N[C@H]1CC2=C(c3ccn(C(F)F)n3)[C@H](c3ccc(F)cc3Cl)N=C(c3nccs3)N2C1)c1ccc([C@H]2CC[C@H](O)CC2)cc1. The summed E-state index contributed by atoms with van der Waals surface area (Å²) in [6, 6.07) is 10.7. The van der Waals surface area contributed by atoms with E-state index < -0.39 is 34.5 Å². The van der Waals surface area contributed by atoms with Crippen LogP contribution in [0.15, 0.2) is 81.9 Å². The minimum atomic E-state index is -3.95. The molecule has 2 N–H and O–H groups in total. The van der Waals surface area contributed by atoms with Gasteiger partial charge in [0.1, 0.15) is 11.9 Å². The van der Waals surface area contributed by atoms with E-state index in [0.717, 1.165) is 43.5 Å². The molecule has 2 aromatic heterocycles. The van der Waals surface area contributed by atoms with Crippen molar-refractivity contribution in [2.75, 3.05) is 6.54 Å². The topological polar surface area (TPSA) is 113 Å². The number of hydrogen-bond acceptors (Lipinski definition) is 8. The fourth-order valence-electron chi connectivity index (χ4n) is 6.65. The third kappa shape index (κ3) is 6.36. The lowest BCUT2D eigenvalue weighted by molar-refractivity contribution is 0.0564. The molecule has 2 fully saturated rings.